The molecular formula is C9H13NO2S. The van der Waals surface area contributed by atoms with Crippen molar-refractivity contribution in [1.82, 2.24) is 0 Å². The molecule has 1 rings (SSSR count). The number of nitrogens with two attached hydrogens (primary N) is 1. The maximum Gasteiger partial charge on any atom is 0.182 e. The molecule has 72 valence electrons. The van der Waals surface area contributed by atoms with Crippen LogP contribution in [0.5, 0.6) is 0 Å². The van der Waals surface area contributed by atoms with Crippen molar-refractivity contribution in [3.8, 4) is 0 Å². The molecule has 0 radical (unpaired) electrons. The molecule has 1 aromatic heterocycles. The molecule has 0 saturated heterocycles. The molecule has 0 fully saturated rings. The number of rotatable bonds is 4. The van der Waals surface area contributed by atoms with E-state index < -0.39 is 6.04 Å². The zero-order chi connectivity index (χ0) is 9.84. The van der Waals surface area contributed by atoms with Gasteiger partial charge in [0.1, 0.15) is 0 Å². The molecule has 0 bridgehead atoms. The van der Waals surface area contributed by atoms with Crippen LogP contribution in [0.2, 0.25) is 0 Å². The zero-order valence-corrected chi connectivity index (χ0v) is 8.56. The third-order valence-corrected chi connectivity index (χ3v) is 2.65. The van der Waals surface area contributed by atoms with Crippen LogP contribution in [-0.2, 0) is 4.74 Å². The number of Topliss-reactive ketones (excluding diaryl/α,β-unsaturated/α-hetero) is 1. The average Bonchev–Trinajstić information content (AvgIpc) is 2.50. The fourth-order valence-electron chi connectivity index (χ4n) is 1.10. The minimum absolute atomic E-state index is 0.0411. The van der Waals surface area contributed by atoms with Crippen LogP contribution >= 0.6 is 11.3 Å². The second-order valence-corrected chi connectivity index (χ2v) is 3.94. The van der Waals surface area contributed by atoms with Gasteiger partial charge in [-0.2, -0.15) is 0 Å². The number of hydrogen-bond donors (Lipinski definition) is 1. The zero-order valence-electron chi connectivity index (χ0n) is 7.74. The van der Waals surface area contributed by atoms with E-state index in [1.807, 2.05) is 12.3 Å². The number of carbonyl (C=O) groups is 1. The van der Waals surface area contributed by atoms with Gasteiger partial charge in [-0.05, 0) is 18.4 Å². The molecule has 0 aromatic carbocycles. The van der Waals surface area contributed by atoms with Gasteiger partial charge in [-0.3, -0.25) is 4.79 Å². The lowest BCUT2D eigenvalue weighted by Crippen LogP contribution is -2.34. The van der Waals surface area contributed by atoms with Crippen LogP contribution in [-0.4, -0.2) is 25.5 Å². The smallest absolute Gasteiger partial charge is 0.182 e. The summed E-state index contributed by atoms with van der Waals surface area (Å²) >= 11 is 1.55. The van der Waals surface area contributed by atoms with Crippen molar-refractivity contribution in [2.45, 2.75) is 13.0 Å². The summed E-state index contributed by atoms with van der Waals surface area (Å²) in [5.74, 6) is -0.0411. The molecule has 1 atom stereocenters. The SMILES string of the molecule is COCC(N)C(=O)c1ccsc1C. The highest BCUT2D eigenvalue weighted by Gasteiger charge is 2.17. The van der Waals surface area contributed by atoms with Gasteiger partial charge in [0.05, 0.1) is 12.6 Å². The first-order chi connectivity index (χ1) is 6.16. The maximum atomic E-state index is 11.6. The Hall–Kier alpha value is -0.710. The molecule has 4 heteroatoms. The first kappa shape index (κ1) is 10.4. The summed E-state index contributed by atoms with van der Waals surface area (Å²) in [6.07, 6.45) is 0. The van der Waals surface area contributed by atoms with Gasteiger partial charge in [0, 0.05) is 17.6 Å². The van der Waals surface area contributed by atoms with E-state index >= 15 is 0 Å². The maximum absolute atomic E-state index is 11.6. The molecule has 13 heavy (non-hydrogen) atoms. The summed E-state index contributed by atoms with van der Waals surface area (Å²) in [6, 6.07) is 1.26. The molecular weight excluding hydrogens is 186 g/mol. The van der Waals surface area contributed by atoms with Crippen molar-refractivity contribution >= 4 is 17.1 Å². The van der Waals surface area contributed by atoms with Crippen molar-refractivity contribution < 1.29 is 9.53 Å². The van der Waals surface area contributed by atoms with Crippen LogP contribution in [0.3, 0.4) is 0 Å². The van der Waals surface area contributed by atoms with Crippen molar-refractivity contribution in [2.75, 3.05) is 13.7 Å². The second-order valence-electron chi connectivity index (χ2n) is 2.82. The standard InChI is InChI=1S/C9H13NO2S/c1-6-7(3-4-13-6)9(11)8(10)5-12-2/h3-4,8H,5,10H2,1-2H3. The molecule has 2 N–H and O–H groups in total. The van der Waals surface area contributed by atoms with E-state index in [2.05, 4.69) is 0 Å². The molecule has 0 aliphatic rings. The van der Waals surface area contributed by atoms with E-state index in [-0.39, 0.29) is 12.4 Å². The topological polar surface area (TPSA) is 52.3 Å². The number of ketones is 1. The van der Waals surface area contributed by atoms with E-state index in [4.69, 9.17) is 10.5 Å². The summed E-state index contributed by atoms with van der Waals surface area (Å²) in [5.41, 5.74) is 6.34. The van der Waals surface area contributed by atoms with Crippen molar-refractivity contribution in [2.24, 2.45) is 5.73 Å². The summed E-state index contributed by atoms with van der Waals surface area (Å²) in [6.45, 7) is 2.19. The van der Waals surface area contributed by atoms with E-state index in [0.29, 0.717) is 0 Å². The van der Waals surface area contributed by atoms with Gasteiger partial charge in [-0.15, -0.1) is 11.3 Å². The van der Waals surface area contributed by atoms with Crippen LogP contribution in [0.4, 0.5) is 0 Å². The van der Waals surface area contributed by atoms with Crippen molar-refractivity contribution in [1.29, 1.82) is 0 Å². The van der Waals surface area contributed by atoms with Gasteiger partial charge in [0.15, 0.2) is 5.78 Å². The number of aryl methyl sites for hydroxylation is 1. The molecule has 3 nitrogen and oxygen atoms in total. The lowest BCUT2D eigenvalue weighted by molar-refractivity contribution is 0.0892. The Morgan fingerprint density at radius 3 is 2.92 bits per heavy atom. The lowest BCUT2D eigenvalue weighted by Gasteiger charge is -2.08. The van der Waals surface area contributed by atoms with Crippen LogP contribution < -0.4 is 5.73 Å². The Labute approximate surface area is 81.5 Å². The Bertz CT molecular complexity index is 296. The number of methoxy groups -OCH3 is 1. The molecule has 1 heterocycles. The quantitative estimate of drug-likeness (QED) is 0.742. The molecule has 0 saturated carbocycles. The summed E-state index contributed by atoms with van der Waals surface area (Å²) < 4.78 is 4.82. The summed E-state index contributed by atoms with van der Waals surface area (Å²) in [5, 5.41) is 1.89. The Morgan fingerprint density at radius 2 is 2.46 bits per heavy atom. The fourth-order valence-corrected chi connectivity index (χ4v) is 1.80. The van der Waals surface area contributed by atoms with Gasteiger partial charge in [0.25, 0.3) is 0 Å². The van der Waals surface area contributed by atoms with Crippen molar-refractivity contribution in [3.05, 3.63) is 21.9 Å². The van der Waals surface area contributed by atoms with Gasteiger partial charge < -0.3 is 10.5 Å². The van der Waals surface area contributed by atoms with E-state index in [1.165, 1.54) is 7.11 Å². The normalized spacial score (nSPS) is 12.8. The highest BCUT2D eigenvalue weighted by molar-refractivity contribution is 7.10. The van der Waals surface area contributed by atoms with Crippen LogP contribution in [0.1, 0.15) is 15.2 Å². The third kappa shape index (κ3) is 2.37. The number of ether oxygens (including phenoxy) is 1. The molecule has 1 aromatic rings. The van der Waals surface area contributed by atoms with Crippen molar-refractivity contribution in [3.63, 3.8) is 0 Å². The highest BCUT2D eigenvalue weighted by atomic mass is 32.1. The minimum atomic E-state index is -0.543. The fraction of sp³-hybridized carbons (Fsp3) is 0.444. The molecule has 0 amide bonds. The highest BCUT2D eigenvalue weighted by Crippen LogP contribution is 2.16. The van der Waals surface area contributed by atoms with Gasteiger partial charge in [0.2, 0.25) is 0 Å². The van der Waals surface area contributed by atoms with Gasteiger partial charge >= 0.3 is 0 Å². The summed E-state index contributed by atoms with van der Waals surface area (Å²) in [7, 11) is 1.54. The molecule has 1 unspecified atom stereocenters. The number of thiophene rings is 1. The Balaban J connectivity index is 2.73. The molecule has 0 spiro atoms. The average molecular weight is 199 g/mol. The van der Waals surface area contributed by atoms with Crippen LogP contribution in [0.15, 0.2) is 11.4 Å². The van der Waals surface area contributed by atoms with E-state index in [1.54, 1.807) is 17.4 Å². The molecule has 0 aliphatic heterocycles. The Kier molecular flexibility index (Phi) is 3.59. The first-order valence-corrected chi connectivity index (χ1v) is 4.87. The largest absolute Gasteiger partial charge is 0.383 e. The summed E-state index contributed by atoms with van der Waals surface area (Å²) in [4.78, 5) is 12.6. The first-order valence-electron chi connectivity index (χ1n) is 3.99. The van der Waals surface area contributed by atoms with Crippen LogP contribution in [0.25, 0.3) is 0 Å². The monoisotopic (exact) mass is 199 g/mol. The Morgan fingerprint density at radius 1 is 1.77 bits per heavy atom. The van der Waals surface area contributed by atoms with Crippen LogP contribution in [0, 0.1) is 6.92 Å². The predicted octanol–water partition coefficient (Wildman–Crippen LogP) is 1.21. The number of carbonyl (C=O) groups excluding carboxylic acids is 1. The minimum Gasteiger partial charge on any atom is -0.383 e. The second kappa shape index (κ2) is 4.50. The van der Waals surface area contributed by atoms with E-state index in [9.17, 15) is 4.79 Å². The lowest BCUT2D eigenvalue weighted by atomic mass is 10.1. The number of hydrogen-bond acceptors (Lipinski definition) is 4. The van der Waals surface area contributed by atoms with Gasteiger partial charge in [-0.25, -0.2) is 0 Å². The van der Waals surface area contributed by atoms with E-state index in [0.717, 1.165) is 10.4 Å². The third-order valence-electron chi connectivity index (χ3n) is 1.81. The predicted molar refractivity (Wildman–Crippen MR) is 53.2 cm³/mol. The molecule has 0 aliphatic carbocycles. The van der Waals surface area contributed by atoms with Gasteiger partial charge in [-0.1, -0.05) is 0 Å².